The van der Waals surface area contributed by atoms with Crippen molar-refractivity contribution in [3.63, 3.8) is 0 Å². The standard InChI is InChI=1S/C6H8N2S/c1-5-7-6(9)3-4-8(5)2/h3-4H,1H2,2H3,(H,7,9). The average Bonchev–Trinajstić information content (AvgIpc) is 1.80. The van der Waals surface area contributed by atoms with Gasteiger partial charge in [0.25, 0.3) is 0 Å². The number of rotatable bonds is 0. The third kappa shape index (κ3) is 1.29. The molecule has 0 unspecified atom stereocenters. The van der Waals surface area contributed by atoms with E-state index < -0.39 is 0 Å². The molecular formula is C6H8N2S. The van der Waals surface area contributed by atoms with E-state index in [1.54, 1.807) is 0 Å². The molecule has 0 radical (unpaired) electrons. The number of hydrogen-bond donors (Lipinski definition) is 1. The highest BCUT2D eigenvalue weighted by Gasteiger charge is 2.03. The molecule has 1 N–H and O–H groups in total. The van der Waals surface area contributed by atoms with Crippen LogP contribution >= 0.6 is 12.2 Å². The summed E-state index contributed by atoms with van der Waals surface area (Å²) < 4.78 is 0. The van der Waals surface area contributed by atoms with E-state index in [4.69, 9.17) is 12.2 Å². The monoisotopic (exact) mass is 140 g/mol. The van der Waals surface area contributed by atoms with Gasteiger partial charge in [-0.25, -0.2) is 0 Å². The first-order valence-electron chi connectivity index (χ1n) is 2.61. The first kappa shape index (κ1) is 6.29. The zero-order chi connectivity index (χ0) is 6.85. The molecule has 0 aliphatic carbocycles. The second-order valence-electron chi connectivity index (χ2n) is 1.86. The van der Waals surface area contributed by atoms with Crippen LogP contribution in [0.4, 0.5) is 0 Å². The third-order valence-corrected chi connectivity index (χ3v) is 1.38. The van der Waals surface area contributed by atoms with Crippen molar-refractivity contribution in [2.75, 3.05) is 7.05 Å². The predicted molar refractivity (Wildman–Crippen MR) is 41.8 cm³/mol. The van der Waals surface area contributed by atoms with Crippen molar-refractivity contribution < 1.29 is 0 Å². The molecular weight excluding hydrogens is 132 g/mol. The van der Waals surface area contributed by atoms with Crippen LogP contribution in [0.25, 0.3) is 0 Å². The highest BCUT2D eigenvalue weighted by molar-refractivity contribution is 7.80. The molecule has 1 heterocycles. The second-order valence-corrected chi connectivity index (χ2v) is 2.30. The molecule has 9 heavy (non-hydrogen) atoms. The minimum Gasteiger partial charge on any atom is -0.338 e. The highest BCUT2D eigenvalue weighted by Crippen LogP contribution is 2.00. The molecule has 48 valence electrons. The SMILES string of the molecule is C=C1NC(=S)C=CN1C. The van der Waals surface area contributed by atoms with Crippen molar-refractivity contribution in [1.82, 2.24) is 10.2 Å². The fourth-order valence-corrected chi connectivity index (χ4v) is 0.720. The van der Waals surface area contributed by atoms with Crippen molar-refractivity contribution >= 4 is 17.2 Å². The van der Waals surface area contributed by atoms with Gasteiger partial charge < -0.3 is 10.2 Å². The van der Waals surface area contributed by atoms with Crippen LogP contribution in [0, 0.1) is 0 Å². The van der Waals surface area contributed by atoms with Gasteiger partial charge in [0.2, 0.25) is 0 Å². The lowest BCUT2D eigenvalue weighted by molar-refractivity contribution is 0.537. The fraction of sp³-hybridized carbons (Fsp3) is 0.167. The van der Waals surface area contributed by atoms with Crippen molar-refractivity contribution in [3.05, 3.63) is 24.7 Å². The van der Waals surface area contributed by atoms with Crippen LogP contribution in [-0.2, 0) is 0 Å². The summed E-state index contributed by atoms with van der Waals surface area (Å²) in [6.45, 7) is 3.72. The molecule has 0 saturated carbocycles. The molecule has 0 aromatic heterocycles. The molecule has 0 spiro atoms. The van der Waals surface area contributed by atoms with E-state index in [0.29, 0.717) is 0 Å². The molecule has 1 aliphatic heterocycles. The first-order valence-corrected chi connectivity index (χ1v) is 3.02. The quantitative estimate of drug-likeness (QED) is 0.502. The van der Waals surface area contributed by atoms with E-state index in [0.717, 1.165) is 10.8 Å². The van der Waals surface area contributed by atoms with Crippen LogP contribution in [0.3, 0.4) is 0 Å². The summed E-state index contributed by atoms with van der Waals surface area (Å²) in [4.78, 5) is 2.59. The molecule has 0 aromatic rings. The topological polar surface area (TPSA) is 15.3 Å². The van der Waals surface area contributed by atoms with Gasteiger partial charge in [0.05, 0.1) is 0 Å². The van der Waals surface area contributed by atoms with Crippen LogP contribution in [0.2, 0.25) is 0 Å². The highest BCUT2D eigenvalue weighted by atomic mass is 32.1. The summed E-state index contributed by atoms with van der Waals surface area (Å²) in [5, 5.41) is 2.91. The molecule has 0 bridgehead atoms. The number of hydrogen-bond acceptors (Lipinski definition) is 2. The van der Waals surface area contributed by atoms with Gasteiger partial charge in [-0.1, -0.05) is 18.8 Å². The van der Waals surface area contributed by atoms with Gasteiger partial charge in [0, 0.05) is 13.2 Å². The molecule has 3 heteroatoms. The van der Waals surface area contributed by atoms with E-state index >= 15 is 0 Å². The predicted octanol–water partition coefficient (Wildman–Crippen LogP) is 0.834. The van der Waals surface area contributed by atoms with Crippen molar-refractivity contribution in [1.29, 1.82) is 0 Å². The molecule has 0 saturated heterocycles. The maximum atomic E-state index is 4.85. The van der Waals surface area contributed by atoms with Crippen LogP contribution in [0.15, 0.2) is 24.7 Å². The smallest absolute Gasteiger partial charge is 0.106 e. The van der Waals surface area contributed by atoms with Gasteiger partial charge in [-0.15, -0.1) is 0 Å². The van der Waals surface area contributed by atoms with Gasteiger partial charge in [-0.3, -0.25) is 0 Å². The Morgan fingerprint density at radius 3 is 2.89 bits per heavy atom. The first-order chi connectivity index (χ1) is 4.20. The van der Waals surface area contributed by atoms with Crippen molar-refractivity contribution in [2.24, 2.45) is 0 Å². The molecule has 0 fully saturated rings. The molecule has 0 amide bonds. The van der Waals surface area contributed by atoms with Crippen LogP contribution in [-0.4, -0.2) is 16.9 Å². The molecule has 0 atom stereocenters. The van der Waals surface area contributed by atoms with E-state index in [2.05, 4.69) is 11.9 Å². The molecule has 1 rings (SSSR count). The maximum absolute atomic E-state index is 4.85. The number of nitrogens with zero attached hydrogens (tertiary/aromatic N) is 1. The fourth-order valence-electron chi connectivity index (χ4n) is 0.542. The zero-order valence-electron chi connectivity index (χ0n) is 5.22. The third-order valence-electron chi connectivity index (χ3n) is 1.14. The Hall–Kier alpha value is -0.830. The zero-order valence-corrected chi connectivity index (χ0v) is 6.03. The molecule has 1 aliphatic rings. The van der Waals surface area contributed by atoms with Gasteiger partial charge in [0.1, 0.15) is 10.8 Å². The average molecular weight is 140 g/mol. The van der Waals surface area contributed by atoms with Crippen molar-refractivity contribution in [2.45, 2.75) is 0 Å². The van der Waals surface area contributed by atoms with Crippen LogP contribution in [0.5, 0.6) is 0 Å². The largest absolute Gasteiger partial charge is 0.338 e. The van der Waals surface area contributed by atoms with Gasteiger partial charge >= 0.3 is 0 Å². The summed E-state index contributed by atoms with van der Waals surface area (Å²) in [6.07, 6.45) is 3.70. The van der Waals surface area contributed by atoms with E-state index in [1.165, 1.54) is 0 Å². The number of nitrogens with one attached hydrogen (secondary N) is 1. The summed E-state index contributed by atoms with van der Waals surface area (Å²) in [7, 11) is 1.91. The summed E-state index contributed by atoms with van der Waals surface area (Å²) in [5.41, 5.74) is 0. The maximum Gasteiger partial charge on any atom is 0.106 e. The second kappa shape index (κ2) is 2.19. The van der Waals surface area contributed by atoms with E-state index in [1.807, 2.05) is 24.2 Å². The lowest BCUT2D eigenvalue weighted by Crippen LogP contribution is -2.31. The minimum atomic E-state index is 0.720. The Kier molecular flexibility index (Phi) is 1.53. The lowest BCUT2D eigenvalue weighted by Gasteiger charge is -2.22. The van der Waals surface area contributed by atoms with Gasteiger partial charge in [-0.2, -0.15) is 0 Å². The minimum absolute atomic E-state index is 0.720. The Morgan fingerprint density at radius 2 is 2.44 bits per heavy atom. The van der Waals surface area contributed by atoms with Crippen molar-refractivity contribution in [3.8, 4) is 0 Å². The Morgan fingerprint density at radius 1 is 1.78 bits per heavy atom. The van der Waals surface area contributed by atoms with E-state index in [9.17, 15) is 0 Å². The summed E-state index contributed by atoms with van der Waals surface area (Å²) in [6, 6.07) is 0. The van der Waals surface area contributed by atoms with Crippen LogP contribution < -0.4 is 5.32 Å². The Balaban J connectivity index is 2.76. The van der Waals surface area contributed by atoms with Crippen LogP contribution in [0.1, 0.15) is 0 Å². The molecule has 0 aromatic carbocycles. The van der Waals surface area contributed by atoms with E-state index in [-0.39, 0.29) is 0 Å². The Bertz CT molecular complexity index is 183. The normalized spacial score (nSPS) is 18.1. The number of thiocarbonyl (C=S) groups is 1. The van der Waals surface area contributed by atoms with Gasteiger partial charge in [0.15, 0.2) is 0 Å². The van der Waals surface area contributed by atoms with Gasteiger partial charge in [-0.05, 0) is 6.08 Å². The summed E-state index contributed by atoms with van der Waals surface area (Å²) >= 11 is 4.85. The lowest BCUT2D eigenvalue weighted by atomic mass is 10.4. The Labute approximate surface area is 59.8 Å². The molecule has 2 nitrogen and oxygen atoms in total. The summed E-state index contributed by atoms with van der Waals surface area (Å²) in [5.74, 6) is 0.822.